The quantitative estimate of drug-likeness (QED) is 0.673. The summed E-state index contributed by atoms with van der Waals surface area (Å²) in [4.78, 5) is 13.3. The maximum Gasteiger partial charge on any atom is 0.241 e. The maximum atomic E-state index is 6.02. The molecule has 0 saturated carbocycles. The Bertz CT molecular complexity index is 872. The predicted molar refractivity (Wildman–Crippen MR) is 94.3 cm³/mol. The van der Waals surface area contributed by atoms with Crippen molar-refractivity contribution >= 4 is 11.6 Å². The van der Waals surface area contributed by atoms with Crippen LogP contribution in [0.15, 0.2) is 33.3 Å². The minimum atomic E-state index is 0.563. The first-order valence-corrected chi connectivity index (χ1v) is 8.86. The molecule has 3 aromatic rings. The van der Waals surface area contributed by atoms with Crippen LogP contribution in [0.25, 0.3) is 11.4 Å². The number of rotatable bonds is 5. The molecule has 3 heterocycles. The number of aromatic nitrogens is 4. The summed E-state index contributed by atoms with van der Waals surface area (Å²) in [6.45, 7) is 6.85. The van der Waals surface area contributed by atoms with Gasteiger partial charge in [-0.05, 0) is 19.1 Å². The Morgan fingerprint density at radius 1 is 0.962 bits per heavy atom. The lowest BCUT2D eigenvalue weighted by Gasteiger charge is -2.32. The Morgan fingerprint density at radius 2 is 1.62 bits per heavy atom. The van der Waals surface area contributed by atoms with Crippen LogP contribution < -0.4 is 0 Å². The summed E-state index contributed by atoms with van der Waals surface area (Å²) in [5, 5.41) is 8.54. The summed E-state index contributed by atoms with van der Waals surface area (Å²) >= 11 is 6.02. The molecule has 1 fully saturated rings. The van der Waals surface area contributed by atoms with Crippen molar-refractivity contribution in [2.45, 2.75) is 20.0 Å². The third-order valence-corrected chi connectivity index (χ3v) is 4.54. The number of aryl methyl sites for hydroxylation is 1. The highest BCUT2D eigenvalue weighted by molar-refractivity contribution is 6.30. The minimum absolute atomic E-state index is 0.563. The highest BCUT2D eigenvalue weighted by atomic mass is 35.5. The zero-order chi connectivity index (χ0) is 17.9. The number of hydrogen-bond acceptors (Lipinski definition) is 8. The third-order valence-electron chi connectivity index (χ3n) is 4.30. The largest absolute Gasteiger partial charge is 0.338 e. The highest BCUT2D eigenvalue weighted by Gasteiger charge is 2.21. The second-order valence-corrected chi connectivity index (χ2v) is 6.75. The second-order valence-electron chi connectivity index (χ2n) is 6.31. The molecule has 1 saturated heterocycles. The van der Waals surface area contributed by atoms with Gasteiger partial charge in [-0.3, -0.25) is 9.80 Å². The molecule has 0 N–H and O–H groups in total. The molecule has 9 heteroatoms. The topological polar surface area (TPSA) is 84.3 Å². The van der Waals surface area contributed by atoms with E-state index in [4.69, 9.17) is 20.6 Å². The molecule has 0 unspecified atom stereocenters. The number of halogens is 1. The van der Waals surface area contributed by atoms with Gasteiger partial charge in [-0.2, -0.15) is 9.97 Å². The van der Waals surface area contributed by atoms with Gasteiger partial charge in [-0.25, -0.2) is 0 Å². The van der Waals surface area contributed by atoms with Gasteiger partial charge in [-0.1, -0.05) is 34.0 Å². The van der Waals surface area contributed by atoms with Gasteiger partial charge in [0.15, 0.2) is 5.82 Å². The van der Waals surface area contributed by atoms with Crippen LogP contribution in [0, 0.1) is 6.92 Å². The van der Waals surface area contributed by atoms with Gasteiger partial charge in [0, 0.05) is 36.8 Å². The van der Waals surface area contributed by atoms with E-state index in [0.29, 0.717) is 41.5 Å². The Balaban J connectivity index is 1.30. The normalized spacial score (nSPS) is 16.2. The Hall–Kier alpha value is -2.29. The smallest absolute Gasteiger partial charge is 0.241 e. The van der Waals surface area contributed by atoms with Crippen molar-refractivity contribution in [3.05, 3.63) is 46.9 Å². The molecule has 26 heavy (non-hydrogen) atoms. The highest BCUT2D eigenvalue weighted by Crippen LogP contribution is 2.20. The van der Waals surface area contributed by atoms with Crippen LogP contribution in [0.1, 0.15) is 17.6 Å². The first kappa shape index (κ1) is 17.1. The van der Waals surface area contributed by atoms with Crippen LogP contribution in [0.2, 0.25) is 5.02 Å². The summed E-state index contributed by atoms with van der Waals surface area (Å²) in [6.07, 6.45) is 0. The maximum absolute atomic E-state index is 6.02. The summed E-state index contributed by atoms with van der Waals surface area (Å²) in [7, 11) is 0. The van der Waals surface area contributed by atoms with Gasteiger partial charge >= 0.3 is 0 Å². The molecular weight excluding hydrogens is 356 g/mol. The van der Waals surface area contributed by atoms with E-state index in [0.717, 1.165) is 31.7 Å². The van der Waals surface area contributed by atoms with E-state index in [1.54, 1.807) is 0 Å². The van der Waals surface area contributed by atoms with E-state index in [9.17, 15) is 0 Å². The molecule has 0 amide bonds. The predicted octanol–water partition coefficient (Wildman–Crippen LogP) is 2.40. The SMILES string of the molecule is Cc1noc(CN2CCN(Cc3nc(-c4cccc(Cl)c4)no3)CC2)n1. The van der Waals surface area contributed by atoms with Crippen molar-refractivity contribution in [3.63, 3.8) is 0 Å². The molecule has 1 aromatic carbocycles. The molecule has 2 aromatic heterocycles. The fourth-order valence-corrected chi connectivity index (χ4v) is 3.15. The molecule has 0 bridgehead atoms. The van der Waals surface area contributed by atoms with E-state index in [1.165, 1.54) is 0 Å². The number of benzene rings is 1. The van der Waals surface area contributed by atoms with Gasteiger partial charge < -0.3 is 9.05 Å². The van der Waals surface area contributed by atoms with E-state index in [1.807, 2.05) is 31.2 Å². The molecular formula is C17H19ClN6O2. The first-order valence-electron chi connectivity index (χ1n) is 8.48. The third kappa shape index (κ3) is 4.09. The van der Waals surface area contributed by atoms with Crippen LogP contribution in [0.4, 0.5) is 0 Å². The van der Waals surface area contributed by atoms with Gasteiger partial charge in [0.2, 0.25) is 17.6 Å². The van der Waals surface area contributed by atoms with Crippen molar-refractivity contribution < 1.29 is 9.05 Å². The lowest BCUT2D eigenvalue weighted by Crippen LogP contribution is -2.45. The fraction of sp³-hybridized carbons (Fsp3) is 0.412. The van der Waals surface area contributed by atoms with E-state index in [-0.39, 0.29) is 0 Å². The van der Waals surface area contributed by atoms with Crippen molar-refractivity contribution in [1.82, 2.24) is 30.1 Å². The van der Waals surface area contributed by atoms with Crippen LogP contribution in [0.5, 0.6) is 0 Å². The standard InChI is InChI=1S/C17H19ClN6O2/c1-12-19-15(25-21-12)10-23-5-7-24(8-6-23)11-16-20-17(22-26-16)13-3-2-4-14(18)9-13/h2-4,9H,5-8,10-11H2,1H3. The molecule has 0 atom stereocenters. The van der Waals surface area contributed by atoms with Gasteiger partial charge in [0.25, 0.3) is 0 Å². The van der Waals surface area contributed by atoms with E-state index < -0.39 is 0 Å². The van der Waals surface area contributed by atoms with Crippen molar-refractivity contribution in [2.24, 2.45) is 0 Å². The molecule has 0 aliphatic carbocycles. The number of piperazine rings is 1. The second kappa shape index (κ2) is 7.53. The van der Waals surface area contributed by atoms with Crippen LogP contribution in [-0.4, -0.2) is 56.3 Å². The molecule has 0 spiro atoms. The average Bonchev–Trinajstić information content (AvgIpc) is 3.26. The number of hydrogen-bond donors (Lipinski definition) is 0. The Morgan fingerprint density at radius 3 is 2.23 bits per heavy atom. The molecule has 136 valence electrons. The van der Waals surface area contributed by atoms with E-state index in [2.05, 4.69) is 30.1 Å². The molecule has 1 aliphatic heterocycles. The molecule has 8 nitrogen and oxygen atoms in total. The fourth-order valence-electron chi connectivity index (χ4n) is 2.96. The monoisotopic (exact) mass is 374 g/mol. The zero-order valence-electron chi connectivity index (χ0n) is 14.4. The Labute approximate surface area is 155 Å². The minimum Gasteiger partial charge on any atom is -0.338 e. The van der Waals surface area contributed by atoms with Crippen LogP contribution >= 0.6 is 11.6 Å². The molecule has 0 radical (unpaired) electrons. The zero-order valence-corrected chi connectivity index (χ0v) is 15.2. The summed E-state index contributed by atoms with van der Waals surface area (Å²) in [5.74, 6) is 2.51. The van der Waals surface area contributed by atoms with Crippen LogP contribution in [0.3, 0.4) is 0 Å². The van der Waals surface area contributed by atoms with Gasteiger partial charge in [-0.15, -0.1) is 0 Å². The first-order chi connectivity index (χ1) is 12.7. The van der Waals surface area contributed by atoms with Crippen LogP contribution in [-0.2, 0) is 13.1 Å². The average molecular weight is 375 g/mol. The van der Waals surface area contributed by atoms with Crippen molar-refractivity contribution in [3.8, 4) is 11.4 Å². The van der Waals surface area contributed by atoms with Crippen molar-refractivity contribution in [2.75, 3.05) is 26.2 Å². The number of nitrogens with zero attached hydrogens (tertiary/aromatic N) is 6. The van der Waals surface area contributed by atoms with Gasteiger partial charge in [0.1, 0.15) is 0 Å². The van der Waals surface area contributed by atoms with Gasteiger partial charge in [0.05, 0.1) is 13.1 Å². The lowest BCUT2D eigenvalue weighted by atomic mass is 10.2. The van der Waals surface area contributed by atoms with Crippen molar-refractivity contribution in [1.29, 1.82) is 0 Å². The molecule has 4 rings (SSSR count). The molecule has 1 aliphatic rings. The lowest BCUT2D eigenvalue weighted by molar-refractivity contribution is 0.103. The Kier molecular flexibility index (Phi) is 4.96. The van der Waals surface area contributed by atoms with E-state index >= 15 is 0 Å². The summed E-state index contributed by atoms with van der Waals surface area (Å²) < 4.78 is 10.6. The summed E-state index contributed by atoms with van der Waals surface area (Å²) in [6, 6.07) is 7.44. The summed E-state index contributed by atoms with van der Waals surface area (Å²) in [5.41, 5.74) is 0.854.